The molecule has 1 heterocycles. The van der Waals surface area contributed by atoms with Crippen LogP contribution < -0.4 is 0 Å². The molecule has 0 amide bonds. The molecule has 1 aromatic heterocycles. The second-order valence-electron chi connectivity index (χ2n) is 8.20. The molecule has 8 heteroatoms. The summed E-state index contributed by atoms with van der Waals surface area (Å²) < 4.78 is 42.9. The topological polar surface area (TPSA) is 67.9 Å². The monoisotopic (exact) mass is 443 g/mol. The zero-order valence-corrected chi connectivity index (χ0v) is 17.7. The van der Waals surface area contributed by atoms with E-state index in [2.05, 4.69) is 34.3 Å². The smallest absolute Gasteiger partial charge is 0.451 e. The van der Waals surface area contributed by atoms with Crippen LogP contribution in [0.4, 0.5) is 13.2 Å². The molecule has 0 atom stereocenters. The van der Waals surface area contributed by atoms with Gasteiger partial charge in [-0.2, -0.15) is 18.3 Å². The van der Waals surface area contributed by atoms with Gasteiger partial charge in [0.25, 0.3) is 0 Å². The van der Waals surface area contributed by atoms with Gasteiger partial charge in [-0.3, -0.25) is 9.89 Å². The highest BCUT2D eigenvalue weighted by Crippen LogP contribution is 2.38. The SMILES string of the molecule is COC(=O)CC1CCC(c2ccc(-c3ccc(-c4n[nH]c(C(F)(F)F)n4)cc3)cc2)CC1. The van der Waals surface area contributed by atoms with Crippen LogP contribution in [0.5, 0.6) is 0 Å². The van der Waals surface area contributed by atoms with Crippen LogP contribution in [0.25, 0.3) is 22.5 Å². The van der Waals surface area contributed by atoms with Crippen molar-refractivity contribution in [2.24, 2.45) is 5.92 Å². The van der Waals surface area contributed by atoms with Crippen molar-refractivity contribution in [1.82, 2.24) is 15.2 Å². The van der Waals surface area contributed by atoms with E-state index >= 15 is 0 Å². The van der Waals surface area contributed by atoms with Crippen molar-refractivity contribution in [1.29, 1.82) is 0 Å². The number of aromatic amines is 1. The summed E-state index contributed by atoms with van der Waals surface area (Å²) in [5, 5.41) is 5.60. The number of hydrogen-bond donors (Lipinski definition) is 1. The molecule has 2 aromatic carbocycles. The van der Waals surface area contributed by atoms with E-state index in [1.807, 2.05) is 17.2 Å². The number of hydrogen-bond acceptors (Lipinski definition) is 4. The molecule has 168 valence electrons. The van der Waals surface area contributed by atoms with Gasteiger partial charge in [-0.15, -0.1) is 0 Å². The van der Waals surface area contributed by atoms with Gasteiger partial charge in [0.2, 0.25) is 5.82 Å². The molecule has 0 unspecified atom stereocenters. The normalized spacial score (nSPS) is 19.0. The van der Waals surface area contributed by atoms with Crippen LogP contribution in [0.15, 0.2) is 48.5 Å². The number of methoxy groups -OCH3 is 1. The third-order valence-electron chi connectivity index (χ3n) is 6.14. The van der Waals surface area contributed by atoms with E-state index in [1.165, 1.54) is 12.7 Å². The van der Waals surface area contributed by atoms with Crippen LogP contribution >= 0.6 is 0 Å². The zero-order chi connectivity index (χ0) is 22.7. The Hall–Kier alpha value is -3.16. The van der Waals surface area contributed by atoms with Crippen molar-refractivity contribution >= 4 is 5.97 Å². The molecule has 0 spiro atoms. The minimum atomic E-state index is -4.55. The molecule has 0 radical (unpaired) electrons. The first kappa shape index (κ1) is 22.0. The molecule has 5 nitrogen and oxygen atoms in total. The highest BCUT2D eigenvalue weighted by Gasteiger charge is 2.35. The number of carbonyl (C=O) groups is 1. The fourth-order valence-corrected chi connectivity index (χ4v) is 4.30. The number of halogens is 3. The van der Waals surface area contributed by atoms with Crippen LogP contribution in [0.2, 0.25) is 0 Å². The summed E-state index contributed by atoms with van der Waals surface area (Å²) in [5.74, 6) is -0.317. The van der Waals surface area contributed by atoms with Crippen molar-refractivity contribution in [2.75, 3.05) is 7.11 Å². The zero-order valence-electron chi connectivity index (χ0n) is 17.7. The summed E-state index contributed by atoms with van der Waals surface area (Å²) in [5.41, 5.74) is 3.81. The predicted octanol–water partition coefficient (Wildman–Crippen LogP) is 5.99. The maximum absolute atomic E-state index is 12.7. The number of nitrogens with zero attached hydrogens (tertiary/aromatic N) is 2. The average molecular weight is 443 g/mol. The lowest BCUT2D eigenvalue weighted by atomic mass is 9.77. The van der Waals surface area contributed by atoms with Gasteiger partial charge in [-0.25, -0.2) is 4.98 Å². The summed E-state index contributed by atoms with van der Waals surface area (Å²) in [7, 11) is 1.43. The standard InChI is InChI=1S/C24H24F3N3O2/c1-32-21(31)14-15-2-4-16(5-3-15)17-6-8-18(9-7-17)19-10-12-20(13-11-19)22-28-23(30-29-22)24(25,26)27/h6-13,15-16H,2-5,14H2,1H3,(H,28,29,30). The van der Waals surface area contributed by atoms with Gasteiger partial charge in [0.1, 0.15) is 0 Å². The average Bonchev–Trinajstić information content (AvgIpc) is 3.31. The highest BCUT2D eigenvalue weighted by molar-refractivity contribution is 5.69. The van der Waals surface area contributed by atoms with E-state index in [0.717, 1.165) is 36.8 Å². The largest absolute Gasteiger partial charge is 0.469 e. The Bertz CT molecular complexity index is 1050. The van der Waals surface area contributed by atoms with Crippen molar-refractivity contribution in [3.63, 3.8) is 0 Å². The van der Waals surface area contributed by atoms with E-state index in [-0.39, 0.29) is 11.8 Å². The van der Waals surface area contributed by atoms with Crippen LogP contribution in [0.1, 0.15) is 49.4 Å². The quantitative estimate of drug-likeness (QED) is 0.492. The first-order valence-electron chi connectivity index (χ1n) is 10.6. The molecule has 1 fully saturated rings. The Morgan fingerprint density at radius 2 is 1.53 bits per heavy atom. The summed E-state index contributed by atoms with van der Waals surface area (Å²) in [6.45, 7) is 0. The van der Waals surface area contributed by atoms with Gasteiger partial charge in [-0.1, -0.05) is 48.5 Å². The molecule has 3 aromatic rings. The molecule has 0 aliphatic heterocycles. The van der Waals surface area contributed by atoms with E-state index in [0.29, 0.717) is 23.8 Å². The Balaban J connectivity index is 1.39. The number of carbonyl (C=O) groups excluding carboxylic acids is 1. The molecule has 32 heavy (non-hydrogen) atoms. The van der Waals surface area contributed by atoms with Crippen molar-refractivity contribution < 1.29 is 22.7 Å². The first-order valence-corrected chi connectivity index (χ1v) is 10.6. The summed E-state index contributed by atoms with van der Waals surface area (Å²) in [6.07, 6.45) is 0.135. The third kappa shape index (κ3) is 5.00. The molecule has 4 rings (SSSR count). The Labute approximate surface area is 184 Å². The maximum atomic E-state index is 12.7. The molecular weight excluding hydrogens is 419 g/mol. The number of H-pyrrole nitrogens is 1. The molecule has 1 N–H and O–H groups in total. The number of aromatic nitrogens is 3. The van der Waals surface area contributed by atoms with Gasteiger partial charge in [0.05, 0.1) is 7.11 Å². The number of ether oxygens (including phenoxy) is 1. The highest BCUT2D eigenvalue weighted by atomic mass is 19.4. The van der Waals surface area contributed by atoms with E-state index in [1.54, 1.807) is 12.1 Å². The first-order chi connectivity index (χ1) is 15.3. The van der Waals surface area contributed by atoms with E-state index in [4.69, 9.17) is 4.74 Å². The van der Waals surface area contributed by atoms with Crippen molar-refractivity contribution in [2.45, 2.75) is 44.2 Å². The minimum Gasteiger partial charge on any atom is -0.469 e. The number of alkyl halides is 3. The number of esters is 1. The van der Waals surface area contributed by atoms with Gasteiger partial charge in [0.15, 0.2) is 5.82 Å². The second kappa shape index (κ2) is 9.14. The fourth-order valence-electron chi connectivity index (χ4n) is 4.30. The van der Waals surface area contributed by atoms with Crippen LogP contribution in [0, 0.1) is 5.92 Å². The maximum Gasteiger partial charge on any atom is 0.451 e. The van der Waals surface area contributed by atoms with Gasteiger partial charge >= 0.3 is 12.1 Å². The van der Waals surface area contributed by atoms with Gasteiger partial charge in [-0.05, 0) is 54.2 Å². The summed E-state index contributed by atoms with van der Waals surface area (Å²) >= 11 is 0. The van der Waals surface area contributed by atoms with E-state index < -0.39 is 12.0 Å². The number of benzene rings is 2. The molecular formula is C24H24F3N3O2. The Kier molecular flexibility index (Phi) is 6.30. The van der Waals surface area contributed by atoms with Crippen molar-refractivity contribution in [3.05, 3.63) is 59.9 Å². The lowest BCUT2D eigenvalue weighted by molar-refractivity contribution is -0.144. The third-order valence-corrected chi connectivity index (χ3v) is 6.14. The lowest BCUT2D eigenvalue weighted by Crippen LogP contribution is -2.17. The summed E-state index contributed by atoms with van der Waals surface area (Å²) in [6, 6.07) is 15.6. The molecule has 0 bridgehead atoms. The molecule has 1 aliphatic rings. The minimum absolute atomic E-state index is 0.0158. The van der Waals surface area contributed by atoms with Crippen LogP contribution in [0.3, 0.4) is 0 Å². The predicted molar refractivity (Wildman–Crippen MR) is 114 cm³/mol. The van der Waals surface area contributed by atoms with E-state index in [9.17, 15) is 18.0 Å². The molecule has 1 aliphatic carbocycles. The Morgan fingerprint density at radius 3 is 2.06 bits per heavy atom. The Morgan fingerprint density at radius 1 is 0.969 bits per heavy atom. The van der Waals surface area contributed by atoms with Crippen LogP contribution in [-0.2, 0) is 15.7 Å². The van der Waals surface area contributed by atoms with Gasteiger partial charge < -0.3 is 4.74 Å². The van der Waals surface area contributed by atoms with Crippen molar-refractivity contribution in [3.8, 4) is 22.5 Å². The van der Waals surface area contributed by atoms with Crippen LogP contribution in [-0.4, -0.2) is 28.3 Å². The van der Waals surface area contributed by atoms with Gasteiger partial charge in [0, 0.05) is 12.0 Å². The number of nitrogens with one attached hydrogen (secondary N) is 1. The number of rotatable bonds is 5. The second-order valence-corrected chi connectivity index (χ2v) is 8.20. The molecule has 0 saturated heterocycles. The molecule has 1 saturated carbocycles. The lowest BCUT2D eigenvalue weighted by Gasteiger charge is -2.28. The summed E-state index contributed by atoms with van der Waals surface area (Å²) in [4.78, 5) is 15.0. The fraction of sp³-hybridized carbons (Fsp3) is 0.375.